The molecule has 0 spiro atoms. The standard InChI is InChI=1S/C27H30ClN3O3S/c1-18-8-9-19(2)21(14-18)22-17-35-26(25(22)27(33)34-3)29-24(32)16-31-12-10-30(11-13-31)15-20-6-4-5-7-23(20)28/h4-9,14,17H,10-13,15-16H2,1-3H3,(H,29,32). The van der Waals surface area contributed by atoms with Crippen molar-refractivity contribution in [3.8, 4) is 11.1 Å². The summed E-state index contributed by atoms with van der Waals surface area (Å²) < 4.78 is 5.06. The van der Waals surface area contributed by atoms with Gasteiger partial charge in [0.1, 0.15) is 10.6 Å². The van der Waals surface area contributed by atoms with Crippen LogP contribution in [0.1, 0.15) is 27.0 Å². The number of thiophene rings is 1. The molecule has 2 aromatic carbocycles. The lowest BCUT2D eigenvalue weighted by Crippen LogP contribution is -2.48. The van der Waals surface area contributed by atoms with Crippen molar-refractivity contribution in [2.75, 3.05) is 45.2 Å². The van der Waals surface area contributed by atoms with Gasteiger partial charge in [-0.25, -0.2) is 4.79 Å². The van der Waals surface area contributed by atoms with Gasteiger partial charge in [-0.3, -0.25) is 14.6 Å². The number of amides is 1. The summed E-state index contributed by atoms with van der Waals surface area (Å²) in [4.78, 5) is 30.1. The minimum Gasteiger partial charge on any atom is -0.465 e. The summed E-state index contributed by atoms with van der Waals surface area (Å²) in [6.07, 6.45) is 0. The van der Waals surface area contributed by atoms with Gasteiger partial charge in [0.05, 0.1) is 13.7 Å². The number of nitrogens with one attached hydrogen (secondary N) is 1. The van der Waals surface area contributed by atoms with Gasteiger partial charge in [0.25, 0.3) is 0 Å². The van der Waals surface area contributed by atoms with Crippen molar-refractivity contribution >= 4 is 39.8 Å². The molecule has 0 bridgehead atoms. The van der Waals surface area contributed by atoms with Gasteiger partial charge in [0.2, 0.25) is 5.91 Å². The molecule has 1 saturated heterocycles. The van der Waals surface area contributed by atoms with E-state index in [0.29, 0.717) is 10.6 Å². The highest BCUT2D eigenvalue weighted by Gasteiger charge is 2.25. The molecule has 1 fully saturated rings. The van der Waals surface area contributed by atoms with Crippen LogP contribution in [0.15, 0.2) is 47.8 Å². The normalized spacial score (nSPS) is 14.6. The van der Waals surface area contributed by atoms with E-state index in [-0.39, 0.29) is 12.5 Å². The smallest absolute Gasteiger partial charge is 0.341 e. The van der Waals surface area contributed by atoms with E-state index in [4.69, 9.17) is 16.3 Å². The van der Waals surface area contributed by atoms with Gasteiger partial charge in [0.15, 0.2) is 0 Å². The van der Waals surface area contributed by atoms with Gasteiger partial charge in [-0.05, 0) is 36.6 Å². The Hall–Kier alpha value is -2.71. The average molecular weight is 512 g/mol. The molecule has 4 rings (SSSR count). The maximum Gasteiger partial charge on any atom is 0.341 e. The van der Waals surface area contributed by atoms with Gasteiger partial charge in [-0.1, -0.05) is 53.6 Å². The summed E-state index contributed by atoms with van der Waals surface area (Å²) >= 11 is 7.65. The number of hydrogen-bond acceptors (Lipinski definition) is 6. The van der Waals surface area contributed by atoms with Gasteiger partial charge >= 0.3 is 5.97 Å². The minimum atomic E-state index is -0.453. The topological polar surface area (TPSA) is 61.9 Å². The first-order valence-electron chi connectivity index (χ1n) is 11.6. The summed E-state index contributed by atoms with van der Waals surface area (Å²) in [7, 11) is 1.36. The van der Waals surface area contributed by atoms with E-state index >= 15 is 0 Å². The van der Waals surface area contributed by atoms with Crippen LogP contribution in [-0.4, -0.2) is 61.5 Å². The van der Waals surface area contributed by atoms with E-state index in [1.165, 1.54) is 18.4 Å². The van der Waals surface area contributed by atoms with Gasteiger partial charge in [-0.2, -0.15) is 0 Å². The molecule has 3 aromatic rings. The Morgan fingerprint density at radius 2 is 1.74 bits per heavy atom. The van der Waals surface area contributed by atoms with Crippen molar-refractivity contribution in [2.24, 2.45) is 0 Å². The van der Waals surface area contributed by atoms with E-state index < -0.39 is 5.97 Å². The molecule has 0 saturated carbocycles. The van der Waals surface area contributed by atoms with Gasteiger partial charge in [-0.15, -0.1) is 11.3 Å². The van der Waals surface area contributed by atoms with Crippen molar-refractivity contribution in [3.05, 3.63) is 75.1 Å². The monoisotopic (exact) mass is 511 g/mol. The molecule has 2 heterocycles. The van der Waals surface area contributed by atoms with Crippen LogP contribution < -0.4 is 5.32 Å². The predicted octanol–water partition coefficient (Wildman–Crippen LogP) is 5.23. The lowest BCUT2D eigenvalue weighted by atomic mass is 9.97. The van der Waals surface area contributed by atoms with Crippen LogP contribution >= 0.6 is 22.9 Å². The number of aryl methyl sites for hydroxylation is 2. The number of benzene rings is 2. The average Bonchev–Trinajstić information content (AvgIpc) is 3.25. The number of halogens is 1. The van der Waals surface area contributed by atoms with E-state index in [1.54, 1.807) is 0 Å². The molecular formula is C27H30ClN3O3S. The molecule has 0 atom stereocenters. The first-order chi connectivity index (χ1) is 16.9. The number of carbonyl (C=O) groups excluding carboxylic acids is 2. The van der Waals surface area contributed by atoms with E-state index in [0.717, 1.165) is 65.6 Å². The quantitative estimate of drug-likeness (QED) is 0.440. The zero-order valence-electron chi connectivity index (χ0n) is 20.3. The molecule has 0 radical (unpaired) electrons. The van der Waals surface area contributed by atoms with Crippen LogP contribution in [0.3, 0.4) is 0 Å². The molecule has 1 aliphatic rings. The number of ether oxygens (including phenoxy) is 1. The summed E-state index contributed by atoms with van der Waals surface area (Å²) in [5.74, 6) is -0.588. The highest BCUT2D eigenvalue weighted by atomic mass is 35.5. The molecule has 35 heavy (non-hydrogen) atoms. The first kappa shape index (κ1) is 25.4. The largest absolute Gasteiger partial charge is 0.465 e. The van der Waals surface area contributed by atoms with Crippen molar-refractivity contribution < 1.29 is 14.3 Å². The zero-order chi connectivity index (χ0) is 24.9. The van der Waals surface area contributed by atoms with Crippen LogP contribution in [0.2, 0.25) is 5.02 Å². The molecule has 1 N–H and O–H groups in total. The van der Waals surface area contributed by atoms with Crippen LogP contribution in [-0.2, 0) is 16.1 Å². The second kappa shape index (κ2) is 11.4. The van der Waals surface area contributed by atoms with E-state index in [9.17, 15) is 9.59 Å². The Kier molecular flexibility index (Phi) is 8.23. The van der Waals surface area contributed by atoms with Crippen molar-refractivity contribution in [1.82, 2.24) is 9.80 Å². The fourth-order valence-corrected chi connectivity index (χ4v) is 5.48. The SMILES string of the molecule is COC(=O)c1c(-c2cc(C)ccc2C)csc1NC(=O)CN1CCN(Cc2ccccc2Cl)CC1. The molecule has 1 aliphatic heterocycles. The van der Waals surface area contributed by atoms with Gasteiger partial charge in [0, 0.05) is 48.7 Å². The van der Waals surface area contributed by atoms with Crippen LogP contribution in [0.5, 0.6) is 0 Å². The Labute approximate surface area is 215 Å². The molecule has 6 nitrogen and oxygen atoms in total. The fraction of sp³-hybridized carbons (Fsp3) is 0.333. The third kappa shape index (κ3) is 6.11. The molecule has 1 aromatic heterocycles. The molecule has 0 aliphatic carbocycles. The third-order valence-corrected chi connectivity index (χ3v) is 7.56. The summed E-state index contributed by atoms with van der Waals surface area (Å²) in [6.45, 7) is 8.42. The predicted molar refractivity (Wildman–Crippen MR) is 142 cm³/mol. The molecule has 184 valence electrons. The summed E-state index contributed by atoms with van der Waals surface area (Å²) in [5.41, 5.74) is 5.44. The highest BCUT2D eigenvalue weighted by molar-refractivity contribution is 7.15. The Morgan fingerprint density at radius 3 is 2.46 bits per heavy atom. The Bertz CT molecular complexity index is 1220. The van der Waals surface area contributed by atoms with Crippen LogP contribution in [0.4, 0.5) is 5.00 Å². The summed E-state index contributed by atoms with van der Waals surface area (Å²) in [5, 5.41) is 6.18. The highest BCUT2D eigenvalue weighted by Crippen LogP contribution is 2.38. The number of hydrogen-bond donors (Lipinski definition) is 1. The Balaban J connectivity index is 1.40. The third-order valence-electron chi connectivity index (χ3n) is 6.30. The number of nitrogens with zero attached hydrogens (tertiary/aromatic N) is 2. The minimum absolute atomic E-state index is 0.135. The molecule has 1 amide bonds. The maximum atomic E-state index is 12.9. The number of rotatable bonds is 7. The number of piperazine rings is 1. The van der Waals surface area contributed by atoms with E-state index in [1.807, 2.05) is 49.6 Å². The lowest BCUT2D eigenvalue weighted by molar-refractivity contribution is -0.117. The molecular weight excluding hydrogens is 482 g/mol. The number of anilines is 1. The van der Waals surface area contributed by atoms with Crippen LogP contribution in [0, 0.1) is 13.8 Å². The second-order valence-corrected chi connectivity index (χ2v) is 10.1. The maximum absolute atomic E-state index is 12.9. The second-order valence-electron chi connectivity index (χ2n) is 8.86. The van der Waals surface area contributed by atoms with Crippen molar-refractivity contribution in [2.45, 2.75) is 20.4 Å². The molecule has 0 unspecified atom stereocenters. The number of methoxy groups -OCH3 is 1. The lowest BCUT2D eigenvalue weighted by Gasteiger charge is -2.34. The van der Waals surface area contributed by atoms with Crippen molar-refractivity contribution in [1.29, 1.82) is 0 Å². The van der Waals surface area contributed by atoms with Crippen LogP contribution in [0.25, 0.3) is 11.1 Å². The summed E-state index contributed by atoms with van der Waals surface area (Å²) in [6, 6.07) is 14.0. The number of carbonyl (C=O) groups is 2. The zero-order valence-corrected chi connectivity index (χ0v) is 21.8. The van der Waals surface area contributed by atoms with Crippen molar-refractivity contribution in [3.63, 3.8) is 0 Å². The molecule has 8 heteroatoms. The van der Waals surface area contributed by atoms with E-state index in [2.05, 4.69) is 27.2 Å². The first-order valence-corrected chi connectivity index (χ1v) is 12.9. The van der Waals surface area contributed by atoms with Gasteiger partial charge < -0.3 is 10.1 Å². The Morgan fingerprint density at radius 1 is 1.03 bits per heavy atom. The fourth-order valence-electron chi connectivity index (χ4n) is 4.32. The number of esters is 1.